The summed E-state index contributed by atoms with van der Waals surface area (Å²) in [4.78, 5) is 42.9. The lowest BCUT2D eigenvalue weighted by Crippen LogP contribution is -2.54. The predicted molar refractivity (Wildman–Crippen MR) is 177 cm³/mol. The van der Waals surface area contributed by atoms with Crippen molar-refractivity contribution in [3.63, 3.8) is 0 Å². The number of amides is 3. The van der Waals surface area contributed by atoms with E-state index in [0.29, 0.717) is 24.2 Å². The quantitative estimate of drug-likeness (QED) is 0.162. The first-order valence-electron chi connectivity index (χ1n) is 15.8. The van der Waals surface area contributed by atoms with Gasteiger partial charge in [0.15, 0.2) is 0 Å². The molecule has 0 radical (unpaired) electrons. The van der Waals surface area contributed by atoms with E-state index in [1.165, 1.54) is 12.1 Å². The second-order valence-corrected chi connectivity index (χ2v) is 12.7. The summed E-state index contributed by atoms with van der Waals surface area (Å²) in [5, 5.41) is 18.2. The molecule has 0 aliphatic heterocycles. The van der Waals surface area contributed by atoms with Crippen LogP contribution in [0.4, 0.5) is 10.5 Å². The number of hydrogen-bond donors (Lipinski definition) is 3. The van der Waals surface area contributed by atoms with Crippen LogP contribution >= 0.6 is 0 Å². The molecule has 0 aromatic heterocycles. The number of rotatable bonds is 14. The molecule has 3 aromatic carbocycles. The van der Waals surface area contributed by atoms with Crippen LogP contribution in [0.5, 0.6) is 5.75 Å². The number of anilines is 1. The van der Waals surface area contributed by atoms with Gasteiger partial charge in [-0.15, -0.1) is 0 Å². The second-order valence-electron chi connectivity index (χ2n) is 12.7. The normalized spacial score (nSPS) is 12.9. The van der Waals surface area contributed by atoms with Crippen molar-refractivity contribution in [2.24, 2.45) is 5.92 Å². The minimum absolute atomic E-state index is 0.00902. The van der Waals surface area contributed by atoms with E-state index in [9.17, 15) is 19.5 Å². The topological polar surface area (TPSA) is 108 Å². The Morgan fingerprint density at radius 3 is 2.20 bits per heavy atom. The molecule has 0 aliphatic rings. The molecule has 3 N–H and O–H groups in total. The second kappa shape index (κ2) is 16.1. The average Bonchev–Trinajstić information content (AvgIpc) is 2.95. The molecule has 238 valence electrons. The van der Waals surface area contributed by atoms with E-state index in [1.54, 1.807) is 37.8 Å². The minimum atomic E-state index is -1.06. The Bertz CT molecular complexity index is 1400. The molecule has 0 saturated carbocycles. The summed E-state index contributed by atoms with van der Waals surface area (Å²) in [6.07, 6.45) is 5.31. The Kier molecular flexibility index (Phi) is 12.6. The summed E-state index contributed by atoms with van der Waals surface area (Å²) in [6.45, 7) is 11.5. The number of fused-ring (bicyclic) bond motifs is 1. The summed E-state index contributed by atoms with van der Waals surface area (Å²) in [6, 6.07) is 18.0. The van der Waals surface area contributed by atoms with Crippen molar-refractivity contribution in [1.29, 1.82) is 0 Å². The number of phenols is 1. The summed E-state index contributed by atoms with van der Waals surface area (Å²) >= 11 is 0. The molecule has 3 aromatic rings. The Labute approximate surface area is 262 Å². The standard InChI is InChI=1S/C36H49N3O5/c1-7-8-9-10-11-14-22-39(34(42)31(25(2)3)38-35(43)44-36(4,5)6)32(28-18-15-19-30(40)24-28)33(41)37-29-21-20-26-16-12-13-17-27(26)23-29/h12-13,15-21,23-25,31-32,40H,7-11,14,22H2,1-6H3,(H,37,41)(H,38,43). The van der Waals surface area contributed by atoms with Crippen LogP contribution in [-0.2, 0) is 14.3 Å². The number of nitrogens with one attached hydrogen (secondary N) is 2. The van der Waals surface area contributed by atoms with Crippen molar-refractivity contribution in [1.82, 2.24) is 10.2 Å². The highest BCUT2D eigenvalue weighted by atomic mass is 16.6. The van der Waals surface area contributed by atoms with Crippen molar-refractivity contribution in [2.75, 3.05) is 11.9 Å². The SMILES string of the molecule is CCCCCCCCN(C(=O)C(NC(=O)OC(C)(C)C)C(C)C)C(C(=O)Nc1ccc2ccccc2c1)c1cccc(O)c1. The smallest absolute Gasteiger partial charge is 0.408 e. The monoisotopic (exact) mass is 603 g/mol. The zero-order valence-electron chi connectivity index (χ0n) is 27.1. The molecule has 3 amide bonds. The van der Waals surface area contributed by atoms with E-state index < -0.39 is 29.7 Å². The van der Waals surface area contributed by atoms with E-state index in [1.807, 2.05) is 56.3 Å². The largest absolute Gasteiger partial charge is 0.508 e. The first-order chi connectivity index (χ1) is 20.9. The molecule has 3 rings (SSSR count). The summed E-state index contributed by atoms with van der Waals surface area (Å²) in [5.74, 6) is -1.09. The Hall–Kier alpha value is -4.07. The molecule has 44 heavy (non-hydrogen) atoms. The van der Waals surface area contributed by atoms with E-state index in [2.05, 4.69) is 17.6 Å². The molecule has 2 atom stereocenters. The number of carbonyl (C=O) groups is 3. The molecular formula is C36H49N3O5. The Morgan fingerprint density at radius 1 is 0.864 bits per heavy atom. The van der Waals surface area contributed by atoms with Gasteiger partial charge in [-0.1, -0.05) is 95.3 Å². The molecule has 0 aliphatic carbocycles. The Morgan fingerprint density at radius 2 is 1.55 bits per heavy atom. The Balaban J connectivity index is 2.00. The van der Waals surface area contributed by atoms with Crippen molar-refractivity contribution in [2.45, 2.75) is 97.8 Å². The van der Waals surface area contributed by atoms with Gasteiger partial charge in [0, 0.05) is 12.2 Å². The number of ether oxygens (including phenoxy) is 1. The summed E-state index contributed by atoms with van der Waals surface area (Å²) in [7, 11) is 0. The lowest BCUT2D eigenvalue weighted by Gasteiger charge is -2.35. The maximum atomic E-state index is 14.4. The molecule has 0 bridgehead atoms. The predicted octanol–water partition coefficient (Wildman–Crippen LogP) is 7.96. The zero-order valence-corrected chi connectivity index (χ0v) is 27.1. The van der Waals surface area contributed by atoms with Gasteiger partial charge in [-0.05, 0) is 73.7 Å². The van der Waals surface area contributed by atoms with Crippen LogP contribution in [0.1, 0.15) is 91.7 Å². The molecule has 0 spiro atoms. The molecule has 2 unspecified atom stereocenters. The molecule has 8 nitrogen and oxygen atoms in total. The number of phenolic OH excluding ortho intramolecular Hbond substituents is 1. The first-order valence-corrected chi connectivity index (χ1v) is 15.8. The number of unbranched alkanes of at least 4 members (excludes halogenated alkanes) is 5. The van der Waals surface area contributed by atoms with E-state index >= 15 is 0 Å². The van der Waals surface area contributed by atoms with Crippen LogP contribution in [0.15, 0.2) is 66.7 Å². The number of aromatic hydroxyl groups is 1. The fourth-order valence-electron chi connectivity index (χ4n) is 5.20. The van der Waals surface area contributed by atoms with Crippen LogP contribution in [0.25, 0.3) is 10.8 Å². The van der Waals surface area contributed by atoms with Gasteiger partial charge in [-0.25, -0.2) is 4.79 Å². The molecule has 0 saturated heterocycles. The lowest BCUT2D eigenvalue weighted by atomic mass is 9.98. The third-order valence-electron chi connectivity index (χ3n) is 7.40. The van der Waals surface area contributed by atoms with Crippen LogP contribution in [0, 0.1) is 5.92 Å². The number of alkyl carbamates (subject to hydrolysis) is 1. The number of carbonyl (C=O) groups excluding carboxylic acids is 3. The van der Waals surface area contributed by atoms with Crippen LogP contribution in [0.2, 0.25) is 0 Å². The third-order valence-corrected chi connectivity index (χ3v) is 7.40. The third kappa shape index (κ3) is 10.3. The minimum Gasteiger partial charge on any atom is -0.508 e. The maximum Gasteiger partial charge on any atom is 0.408 e. The van der Waals surface area contributed by atoms with Gasteiger partial charge in [0.2, 0.25) is 5.91 Å². The fourth-order valence-corrected chi connectivity index (χ4v) is 5.20. The number of nitrogens with zero attached hydrogens (tertiary/aromatic N) is 1. The van der Waals surface area contributed by atoms with Gasteiger partial charge in [0.1, 0.15) is 23.4 Å². The summed E-state index contributed by atoms with van der Waals surface area (Å²) < 4.78 is 5.47. The highest BCUT2D eigenvalue weighted by Gasteiger charge is 2.37. The number of hydrogen-bond acceptors (Lipinski definition) is 5. The fraction of sp³-hybridized carbons (Fsp3) is 0.472. The van der Waals surface area contributed by atoms with Gasteiger partial charge < -0.3 is 25.4 Å². The van der Waals surface area contributed by atoms with Crippen LogP contribution < -0.4 is 10.6 Å². The van der Waals surface area contributed by atoms with Crippen LogP contribution in [0.3, 0.4) is 0 Å². The van der Waals surface area contributed by atoms with E-state index in [-0.39, 0.29) is 17.6 Å². The van der Waals surface area contributed by atoms with E-state index in [4.69, 9.17) is 4.74 Å². The number of benzene rings is 3. The maximum absolute atomic E-state index is 14.4. The molecule has 0 heterocycles. The molecular weight excluding hydrogens is 554 g/mol. The van der Waals surface area contributed by atoms with Gasteiger partial charge in [0.05, 0.1) is 0 Å². The molecule has 0 fully saturated rings. The van der Waals surface area contributed by atoms with Gasteiger partial charge in [0.25, 0.3) is 5.91 Å². The highest BCUT2D eigenvalue weighted by molar-refractivity contribution is 6.00. The molecule has 8 heteroatoms. The first kappa shape index (κ1) is 34.4. The van der Waals surface area contributed by atoms with Gasteiger partial charge in [-0.3, -0.25) is 9.59 Å². The van der Waals surface area contributed by atoms with Gasteiger partial charge in [-0.2, -0.15) is 0 Å². The highest BCUT2D eigenvalue weighted by Crippen LogP contribution is 2.29. The lowest BCUT2D eigenvalue weighted by molar-refractivity contribution is -0.141. The average molecular weight is 604 g/mol. The van der Waals surface area contributed by atoms with Crippen molar-refractivity contribution in [3.05, 3.63) is 72.3 Å². The van der Waals surface area contributed by atoms with Gasteiger partial charge >= 0.3 is 6.09 Å². The zero-order chi connectivity index (χ0) is 32.3. The summed E-state index contributed by atoms with van der Waals surface area (Å²) in [5.41, 5.74) is 0.331. The van der Waals surface area contributed by atoms with Crippen molar-refractivity contribution < 1.29 is 24.2 Å². The van der Waals surface area contributed by atoms with Crippen molar-refractivity contribution in [3.8, 4) is 5.75 Å². The van der Waals surface area contributed by atoms with Crippen LogP contribution in [-0.4, -0.2) is 46.1 Å². The van der Waals surface area contributed by atoms with Crippen molar-refractivity contribution >= 4 is 34.4 Å². The van der Waals surface area contributed by atoms with E-state index in [0.717, 1.165) is 42.9 Å².